The van der Waals surface area contributed by atoms with Crippen LogP contribution < -0.4 is 11.4 Å². The van der Waals surface area contributed by atoms with Crippen LogP contribution in [-0.4, -0.2) is 31.6 Å². The Bertz CT molecular complexity index is 682. The molecule has 2 aromatic rings. The molecule has 1 aromatic carbocycles. The fourth-order valence-corrected chi connectivity index (χ4v) is 3.00. The van der Waals surface area contributed by atoms with E-state index in [9.17, 15) is 14.7 Å². The summed E-state index contributed by atoms with van der Waals surface area (Å²) in [7, 11) is 0. The highest BCUT2D eigenvalue weighted by Gasteiger charge is 2.36. The van der Waals surface area contributed by atoms with Gasteiger partial charge in [-0.2, -0.15) is 0 Å². The zero-order chi connectivity index (χ0) is 15.5. The minimum absolute atomic E-state index is 0.0661. The van der Waals surface area contributed by atoms with E-state index in [1.165, 1.54) is 4.57 Å². The number of aromatic nitrogens is 3. The standard InChI is InChI=1S/C13H16N4O3S/c1-2-17-11(20)15-16-12(17)21-8-13(14,10(18)19)9-6-4-3-5-7-9/h3-7H,2,8,14H2,1H3,(H,15,20)(H,18,19). The lowest BCUT2D eigenvalue weighted by Crippen LogP contribution is -2.47. The SMILES string of the molecule is CCn1c(SCC(N)(C(=O)O)c2ccccc2)n[nH]c1=O. The lowest BCUT2D eigenvalue weighted by Gasteiger charge is -2.24. The summed E-state index contributed by atoms with van der Waals surface area (Å²) < 4.78 is 1.43. The maximum atomic E-state index is 11.6. The lowest BCUT2D eigenvalue weighted by atomic mass is 9.93. The molecule has 4 N–H and O–H groups in total. The highest BCUT2D eigenvalue weighted by molar-refractivity contribution is 7.99. The van der Waals surface area contributed by atoms with Crippen LogP contribution in [0.4, 0.5) is 0 Å². The normalized spacial score (nSPS) is 13.8. The van der Waals surface area contributed by atoms with Gasteiger partial charge in [-0.25, -0.2) is 14.7 Å². The summed E-state index contributed by atoms with van der Waals surface area (Å²) >= 11 is 1.14. The van der Waals surface area contributed by atoms with Gasteiger partial charge in [-0.1, -0.05) is 42.1 Å². The summed E-state index contributed by atoms with van der Waals surface area (Å²) in [6, 6.07) is 8.61. The van der Waals surface area contributed by atoms with E-state index < -0.39 is 11.5 Å². The predicted octanol–water partition coefficient (Wildman–Crippen LogP) is 0.622. The summed E-state index contributed by atoms with van der Waals surface area (Å²) in [5.41, 5.74) is 4.70. The minimum Gasteiger partial charge on any atom is -0.480 e. The topological polar surface area (TPSA) is 114 Å². The number of aromatic amines is 1. The van der Waals surface area contributed by atoms with E-state index >= 15 is 0 Å². The number of carboxylic acid groups (broad SMARTS) is 1. The Hall–Kier alpha value is -2.06. The molecule has 1 unspecified atom stereocenters. The third kappa shape index (κ3) is 3.01. The maximum Gasteiger partial charge on any atom is 0.343 e. The molecule has 21 heavy (non-hydrogen) atoms. The molecule has 112 valence electrons. The molecule has 0 aliphatic heterocycles. The van der Waals surface area contributed by atoms with Gasteiger partial charge in [-0.3, -0.25) is 4.57 Å². The molecule has 0 saturated carbocycles. The number of nitrogens with two attached hydrogens (primary N) is 1. The second-order valence-corrected chi connectivity index (χ2v) is 5.43. The molecule has 2 rings (SSSR count). The fraction of sp³-hybridized carbons (Fsp3) is 0.308. The Balaban J connectivity index is 2.26. The van der Waals surface area contributed by atoms with Crippen molar-refractivity contribution in [2.24, 2.45) is 5.73 Å². The minimum atomic E-state index is -1.54. The van der Waals surface area contributed by atoms with Crippen LogP contribution in [-0.2, 0) is 16.9 Å². The third-order valence-electron chi connectivity index (χ3n) is 3.14. The van der Waals surface area contributed by atoms with Crippen LogP contribution in [0.1, 0.15) is 12.5 Å². The zero-order valence-electron chi connectivity index (χ0n) is 11.4. The first-order valence-electron chi connectivity index (χ1n) is 6.35. The van der Waals surface area contributed by atoms with Crippen molar-refractivity contribution in [3.63, 3.8) is 0 Å². The summed E-state index contributed by atoms with van der Waals surface area (Å²) in [5, 5.41) is 16.1. The van der Waals surface area contributed by atoms with E-state index in [1.807, 2.05) is 6.92 Å². The van der Waals surface area contributed by atoms with Crippen LogP contribution in [0.15, 0.2) is 40.3 Å². The molecule has 0 aliphatic rings. The summed E-state index contributed by atoms with van der Waals surface area (Å²) in [5.74, 6) is -1.06. The number of thioether (sulfide) groups is 1. The van der Waals surface area contributed by atoms with Gasteiger partial charge in [0, 0.05) is 12.3 Å². The average molecular weight is 308 g/mol. The zero-order valence-corrected chi connectivity index (χ0v) is 12.3. The van der Waals surface area contributed by atoms with E-state index in [1.54, 1.807) is 30.3 Å². The summed E-state index contributed by atoms with van der Waals surface area (Å²) in [6.07, 6.45) is 0. The molecule has 0 radical (unpaired) electrons. The smallest absolute Gasteiger partial charge is 0.343 e. The van der Waals surface area contributed by atoms with Gasteiger partial charge in [-0.15, -0.1) is 5.10 Å². The molecule has 0 spiro atoms. The average Bonchev–Trinajstić information content (AvgIpc) is 2.85. The van der Waals surface area contributed by atoms with Crippen LogP contribution in [0.2, 0.25) is 0 Å². The molecule has 0 amide bonds. The molecule has 8 heteroatoms. The number of carbonyl (C=O) groups is 1. The number of H-pyrrole nitrogens is 1. The third-order valence-corrected chi connectivity index (χ3v) is 4.31. The van der Waals surface area contributed by atoms with Crippen molar-refractivity contribution in [2.75, 3.05) is 5.75 Å². The second kappa shape index (κ2) is 6.15. The largest absolute Gasteiger partial charge is 0.480 e. The molecule has 0 aliphatic carbocycles. The number of hydrogen-bond donors (Lipinski definition) is 3. The highest BCUT2D eigenvalue weighted by Crippen LogP contribution is 2.26. The monoisotopic (exact) mass is 308 g/mol. The van der Waals surface area contributed by atoms with Gasteiger partial charge in [0.05, 0.1) is 0 Å². The van der Waals surface area contributed by atoms with Gasteiger partial charge in [0.15, 0.2) is 5.16 Å². The fourth-order valence-electron chi connectivity index (χ4n) is 1.87. The van der Waals surface area contributed by atoms with E-state index in [-0.39, 0.29) is 11.4 Å². The van der Waals surface area contributed by atoms with Crippen LogP contribution in [0.3, 0.4) is 0 Å². The highest BCUT2D eigenvalue weighted by atomic mass is 32.2. The Morgan fingerprint density at radius 1 is 1.48 bits per heavy atom. The first-order valence-corrected chi connectivity index (χ1v) is 7.33. The molecule has 0 saturated heterocycles. The Kier molecular flexibility index (Phi) is 4.49. The molecule has 1 atom stereocenters. The van der Waals surface area contributed by atoms with Crippen molar-refractivity contribution in [2.45, 2.75) is 24.2 Å². The molecular weight excluding hydrogens is 292 g/mol. The summed E-state index contributed by atoms with van der Waals surface area (Å²) in [4.78, 5) is 23.1. The molecule has 1 aromatic heterocycles. The van der Waals surface area contributed by atoms with Crippen molar-refractivity contribution in [1.29, 1.82) is 0 Å². The number of hydrogen-bond acceptors (Lipinski definition) is 5. The van der Waals surface area contributed by atoms with Crippen molar-refractivity contribution < 1.29 is 9.90 Å². The molecule has 1 heterocycles. The number of benzene rings is 1. The van der Waals surface area contributed by atoms with Crippen LogP contribution in [0, 0.1) is 0 Å². The molecule has 0 fully saturated rings. The molecule has 0 bridgehead atoms. The van der Waals surface area contributed by atoms with Crippen molar-refractivity contribution in [1.82, 2.24) is 14.8 Å². The van der Waals surface area contributed by atoms with E-state index in [4.69, 9.17) is 5.73 Å². The van der Waals surface area contributed by atoms with E-state index in [0.29, 0.717) is 17.3 Å². The van der Waals surface area contributed by atoms with Crippen molar-refractivity contribution >= 4 is 17.7 Å². The van der Waals surface area contributed by atoms with Gasteiger partial charge in [0.2, 0.25) is 0 Å². The number of carboxylic acids is 1. The second-order valence-electron chi connectivity index (χ2n) is 4.49. The molecular formula is C13H16N4O3S. The van der Waals surface area contributed by atoms with Crippen LogP contribution in [0.25, 0.3) is 0 Å². The number of nitrogens with one attached hydrogen (secondary N) is 1. The van der Waals surface area contributed by atoms with Gasteiger partial charge < -0.3 is 10.8 Å². The van der Waals surface area contributed by atoms with Gasteiger partial charge >= 0.3 is 11.7 Å². The van der Waals surface area contributed by atoms with Gasteiger partial charge in [-0.05, 0) is 12.5 Å². The Labute approximate surface area is 125 Å². The van der Waals surface area contributed by atoms with Crippen LogP contribution in [0.5, 0.6) is 0 Å². The quantitative estimate of drug-likeness (QED) is 0.674. The van der Waals surface area contributed by atoms with Crippen molar-refractivity contribution in [3.8, 4) is 0 Å². The van der Waals surface area contributed by atoms with E-state index in [0.717, 1.165) is 11.8 Å². The number of rotatable bonds is 6. The number of nitrogens with zero attached hydrogens (tertiary/aromatic N) is 2. The maximum absolute atomic E-state index is 11.6. The first kappa shape index (κ1) is 15.3. The lowest BCUT2D eigenvalue weighted by molar-refractivity contribution is -0.142. The Morgan fingerprint density at radius 2 is 2.14 bits per heavy atom. The first-order chi connectivity index (χ1) is 9.99. The Morgan fingerprint density at radius 3 is 2.71 bits per heavy atom. The van der Waals surface area contributed by atoms with Crippen LogP contribution >= 0.6 is 11.8 Å². The van der Waals surface area contributed by atoms with Gasteiger partial charge in [0.1, 0.15) is 5.54 Å². The summed E-state index contributed by atoms with van der Waals surface area (Å²) in [6.45, 7) is 2.26. The van der Waals surface area contributed by atoms with Gasteiger partial charge in [0.25, 0.3) is 0 Å². The molecule has 7 nitrogen and oxygen atoms in total. The number of aliphatic carboxylic acids is 1. The van der Waals surface area contributed by atoms with E-state index in [2.05, 4.69) is 10.2 Å². The predicted molar refractivity (Wildman–Crippen MR) is 79.2 cm³/mol. The van der Waals surface area contributed by atoms with Crippen molar-refractivity contribution in [3.05, 3.63) is 46.4 Å².